The third-order valence-corrected chi connectivity index (χ3v) is 3.27. The number of nitriles is 1. The van der Waals surface area contributed by atoms with Gasteiger partial charge in [0.15, 0.2) is 5.75 Å². The minimum atomic E-state index is 0.417. The fourth-order valence-corrected chi connectivity index (χ4v) is 2.27. The lowest BCUT2D eigenvalue weighted by Gasteiger charge is -2.10. The van der Waals surface area contributed by atoms with E-state index >= 15 is 0 Å². The van der Waals surface area contributed by atoms with Crippen molar-refractivity contribution < 1.29 is 4.74 Å². The van der Waals surface area contributed by atoms with Crippen LogP contribution in [0.15, 0.2) is 24.5 Å². The average Bonchev–Trinajstić information content (AvgIpc) is 2.42. The van der Waals surface area contributed by atoms with Gasteiger partial charge in [-0.2, -0.15) is 5.26 Å². The summed E-state index contributed by atoms with van der Waals surface area (Å²) >= 11 is 2.08. The van der Waals surface area contributed by atoms with Gasteiger partial charge in [-0.1, -0.05) is 6.92 Å². The quantitative estimate of drug-likeness (QED) is 0.667. The fraction of sp³-hybridized carbons (Fsp3) is 0.154. The van der Waals surface area contributed by atoms with Gasteiger partial charge in [-0.3, -0.25) is 0 Å². The molecule has 96 valence electrons. The molecule has 0 atom stereocenters. The molecule has 0 saturated carbocycles. The molecule has 0 unspecified atom stereocenters. The zero-order valence-electron chi connectivity index (χ0n) is 10.2. The number of nitrogen functional groups attached to an aromatic ring is 1. The summed E-state index contributed by atoms with van der Waals surface area (Å²) in [5.41, 5.74) is 7.71. The standard InChI is InChI=1S/C13H11IN4O/c1-2-9-5-12(18-7-17-9)19-13-10(14)3-8(6-15)4-11(13)16/h3-5,7H,2,16H2,1H3. The lowest BCUT2D eigenvalue weighted by atomic mass is 10.2. The van der Waals surface area contributed by atoms with E-state index in [1.807, 2.05) is 6.92 Å². The molecule has 19 heavy (non-hydrogen) atoms. The number of aryl methyl sites for hydroxylation is 1. The van der Waals surface area contributed by atoms with Crippen LogP contribution in [0.3, 0.4) is 0 Å². The Morgan fingerprint density at radius 3 is 2.79 bits per heavy atom. The zero-order valence-corrected chi connectivity index (χ0v) is 12.4. The van der Waals surface area contributed by atoms with E-state index in [-0.39, 0.29) is 0 Å². The van der Waals surface area contributed by atoms with E-state index in [0.717, 1.165) is 15.7 Å². The summed E-state index contributed by atoms with van der Waals surface area (Å²) in [4.78, 5) is 8.15. The number of ether oxygens (including phenoxy) is 1. The molecule has 0 amide bonds. The molecule has 0 fully saturated rings. The number of benzene rings is 1. The second kappa shape index (κ2) is 5.84. The lowest BCUT2D eigenvalue weighted by Crippen LogP contribution is -1.98. The molecule has 0 spiro atoms. The van der Waals surface area contributed by atoms with E-state index in [9.17, 15) is 0 Å². The highest BCUT2D eigenvalue weighted by Gasteiger charge is 2.10. The number of hydrogen-bond donors (Lipinski definition) is 1. The number of hydrogen-bond acceptors (Lipinski definition) is 5. The Bertz CT molecular complexity index is 628. The van der Waals surface area contributed by atoms with Crippen molar-refractivity contribution in [2.45, 2.75) is 13.3 Å². The first-order valence-corrected chi connectivity index (χ1v) is 6.69. The van der Waals surface area contributed by atoms with Crippen LogP contribution in [0.25, 0.3) is 0 Å². The highest BCUT2D eigenvalue weighted by atomic mass is 127. The summed E-state index contributed by atoms with van der Waals surface area (Å²) in [6.45, 7) is 2.01. The predicted molar refractivity (Wildman–Crippen MR) is 79.8 cm³/mol. The molecular formula is C13H11IN4O. The molecule has 0 radical (unpaired) electrons. The van der Waals surface area contributed by atoms with Crippen molar-refractivity contribution in [1.82, 2.24) is 9.97 Å². The highest BCUT2D eigenvalue weighted by Crippen LogP contribution is 2.32. The third kappa shape index (κ3) is 3.12. The minimum Gasteiger partial charge on any atom is -0.436 e. The Kier molecular flexibility index (Phi) is 4.16. The fourth-order valence-electron chi connectivity index (χ4n) is 1.52. The van der Waals surface area contributed by atoms with Gasteiger partial charge in [0.25, 0.3) is 0 Å². The molecule has 5 nitrogen and oxygen atoms in total. The van der Waals surface area contributed by atoms with Gasteiger partial charge < -0.3 is 10.5 Å². The first-order valence-electron chi connectivity index (χ1n) is 5.62. The molecule has 2 rings (SSSR count). The highest BCUT2D eigenvalue weighted by molar-refractivity contribution is 14.1. The van der Waals surface area contributed by atoms with Crippen LogP contribution in [-0.4, -0.2) is 9.97 Å². The zero-order chi connectivity index (χ0) is 13.8. The monoisotopic (exact) mass is 366 g/mol. The maximum absolute atomic E-state index is 8.87. The van der Waals surface area contributed by atoms with Crippen molar-refractivity contribution in [1.29, 1.82) is 5.26 Å². The molecule has 2 aromatic rings. The average molecular weight is 366 g/mol. The number of rotatable bonds is 3. The number of nitrogens with zero attached hydrogens (tertiary/aromatic N) is 3. The Balaban J connectivity index is 2.36. The Labute approximate surface area is 124 Å². The predicted octanol–water partition coefficient (Wildman–Crippen LogP) is 2.89. The SMILES string of the molecule is CCc1cc(Oc2c(N)cc(C#N)cc2I)ncn1. The molecular weight excluding hydrogens is 355 g/mol. The topological polar surface area (TPSA) is 84.8 Å². The van der Waals surface area contributed by atoms with Gasteiger partial charge in [0.2, 0.25) is 5.88 Å². The summed E-state index contributed by atoms with van der Waals surface area (Å²) in [5, 5.41) is 8.87. The van der Waals surface area contributed by atoms with Crippen molar-refractivity contribution >= 4 is 28.3 Å². The van der Waals surface area contributed by atoms with E-state index in [2.05, 4.69) is 38.6 Å². The molecule has 0 aliphatic rings. The van der Waals surface area contributed by atoms with Gasteiger partial charge in [0.05, 0.1) is 20.9 Å². The van der Waals surface area contributed by atoms with Gasteiger partial charge in [-0.25, -0.2) is 9.97 Å². The van der Waals surface area contributed by atoms with Crippen LogP contribution >= 0.6 is 22.6 Å². The molecule has 1 aromatic heterocycles. The van der Waals surface area contributed by atoms with Gasteiger partial charge in [-0.05, 0) is 41.1 Å². The Morgan fingerprint density at radius 1 is 1.37 bits per heavy atom. The summed E-state index contributed by atoms with van der Waals surface area (Å²) in [6, 6.07) is 7.12. The summed E-state index contributed by atoms with van der Waals surface area (Å²) in [5.74, 6) is 0.960. The van der Waals surface area contributed by atoms with Crippen molar-refractivity contribution in [2.24, 2.45) is 0 Å². The smallest absolute Gasteiger partial charge is 0.222 e. The van der Waals surface area contributed by atoms with E-state index < -0.39 is 0 Å². The summed E-state index contributed by atoms with van der Waals surface area (Å²) in [6.07, 6.45) is 2.26. The first-order chi connectivity index (χ1) is 9.13. The second-order valence-electron chi connectivity index (χ2n) is 3.79. The Hall–Kier alpha value is -1.88. The number of aromatic nitrogens is 2. The summed E-state index contributed by atoms with van der Waals surface area (Å²) in [7, 11) is 0. The van der Waals surface area contributed by atoms with Crippen LogP contribution < -0.4 is 10.5 Å². The number of anilines is 1. The van der Waals surface area contributed by atoms with E-state index in [4.69, 9.17) is 15.7 Å². The van der Waals surface area contributed by atoms with Crippen LogP contribution in [0.5, 0.6) is 11.6 Å². The number of nitrogens with two attached hydrogens (primary N) is 1. The third-order valence-electron chi connectivity index (χ3n) is 2.47. The van der Waals surface area contributed by atoms with Crippen molar-refractivity contribution in [3.63, 3.8) is 0 Å². The lowest BCUT2D eigenvalue weighted by molar-refractivity contribution is 0.459. The molecule has 0 aliphatic heterocycles. The molecule has 0 saturated heterocycles. The molecule has 0 aliphatic carbocycles. The second-order valence-corrected chi connectivity index (χ2v) is 4.95. The van der Waals surface area contributed by atoms with E-state index in [1.54, 1.807) is 18.2 Å². The van der Waals surface area contributed by atoms with Crippen molar-refractivity contribution in [3.05, 3.63) is 39.4 Å². The largest absolute Gasteiger partial charge is 0.436 e. The van der Waals surface area contributed by atoms with Crippen molar-refractivity contribution in [2.75, 3.05) is 5.73 Å². The van der Waals surface area contributed by atoms with Gasteiger partial charge in [0, 0.05) is 11.8 Å². The van der Waals surface area contributed by atoms with Gasteiger partial charge in [-0.15, -0.1) is 0 Å². The maximum Gasteiger partial charge on any atom is 0.222 e. The molecule has 0 bridgehead atoms. The van der Waals surface area contributed by atoms with E-state index in [0.29, 0.717) is 22.9 Å². The first kappa shape index (κ1) is 13.5. The van der Waals surface area contributed by atoms with Crippen LogP contribution in [0.1, 0.15) is 18.2 Å². The molecule has 1 heterocycles. The summed E-state index contributed by atoms with van der Waals surface area (Å²) < 4.78 is 6.46. The van der Waals surface area contributed by atoms with Gasteiger partial charge >= 0.3 is 0 Å². The molecule has 2 N–H and O–H groups in total. The minimum absolute atomic E-state index is 0.417. The van der Waals surface area contributed by atoms with Crippen LogP contribution in [-0.2, 0) is 6.42 Å². The maximum atomic E-state index is 8.87. The van der Waals surface area contributed by atoms with Crippen LogP contribution in [0.4, 0.5) is 5.69 Å². The molecule has 1 aromatic carbocycles. The van der Waals surface area contributed by atoms with Crippen LogP contribution in [0, 0.1) is 14.9 Å². The van der Waals surface area contributed by atoms with Crippen LogP contribution in [0.2, 0.25) is 0 Å². The molecule has 6 heteroatoms. The Morgan fingerprint density at radius 2 is 2.16 bits per heavy atom. The van der Waals surface area contributed by atoms with Crippen molar-refractivity contribution in [3.8, 4) is 17.7 Å². The normalized spacial score (nSPS) is 9.95. The number of halogens is 1. The van der Waals surface area contributed by atoms with Gasteiger partial charge in [0.1, 0.15) is 6.33 Å². The van der Waals surface area contributed by atoms with E-state index in [1.165, 1.54) is 6.33 Å².